The zero-order valence-electron chi connectivity index (χ0n) is 11.9. The van der Waals surface area contributed by atoms with Gasteiger partial charge in [-0.2, -0.15) is 0 Å². The maximum Gasteiger partial charge on any atom is 0.262 e. The van der Waals surface area contributed by atoms with Crippen molar-refractivity contribution in [1.82, 2.24) is 4.98 Å². The molecule has 21 heavy (non-hydrogen) atoms. The van der Waals surface area contributed by atoms with Gasteiger partial charge in [0.25, 0.3) is 10.0 Å². The molecule has 1 aromatic carbocycles. The lowest BCUT2D eigenvalue weighted by Crippen LogP contribution is -2.17. The van der Waals surface area contributed by atoms with Gasteiger partial charge in [0, 0.05) is 18.9 Å². The SMILES string of the molecule is CNc1cc(C)c(S(=O)(=O)Nc2ccncc2F)c(C)c1. The lowest BCUT2D eigenvalue weighted by Gasteiger charge is -2.14. The summed E-state index contributed by atoms with van der Waals surface area (Å²) in [5.41, 5.74) is 1.86. The highest BCUT2D eigenvalue weighted by atomic mass is 32.2. The average molecular weight is 309 g/mol. The van der Waals surface area contributed by atoms with E-state index in [1.807, 2.05) is 0 Å². The smallest absolute Gasteiger partial charge is 0.262 e. The van der Waals surface area contributed by atoms with Crippen LogP contribution < -0.4 is 10.0 Å². The molecule has 2 rings (SSSR count). The molecule has 0 saturated heterocycles. The molecule has 0 bridgehead atoms. The Bertz CT molecular complexity index is 753. The summed E-state index contributed by atoms with van der Waals surface area (Å²) in [7, 11) is -2.11. The van der Waals surface area contributed by atoms with Crippen LogP contribution >= 0.6 is 0 Å². The fraction of sp³-hybridized carbons (Fsp3) is 0.214. The third kappa shape index (κ3) is 3.13. The van der Waals surface area contributed by atoms with Crippen LogP contribution in [0.25, 0.3) is 0 Å². The van der Waals surface area contributed by atoms with E-state index >= 15 is 0 Å². The first-order valence-electron chi connectivity index (χ1n) is 6.26. The van der Waals surface area contributed by atoms with Gasteiger partial charge in [0.15, 0.2) is 5.82 Å². The van der Waals surface area contributed by atoms with Crippen molar-refractivity contribution in [2.45, 2.75) is 18.7 Å². The third-order valence-corrected chi connectivity index (χ3v) is 4.70. The Labute approximate surface area is 123 Å². The van der Waals surface area contributed by atoms with Crippen LogP contribution in [0, 0.1) is 19.7 Å². The van der Waals surface area contributed by atoms with Crippen molar-refractivity contribution in [2.75, 3.05) is 17.1 Å². The van der Waals surface area contributed by atoms with E-state index in [0.29, 0.717) is 11.1 Å². The van der Waals surface area contributed by atoms with Crippen LogP contribution in [-0.2, 0) is 10.0 Å². The van der Waals surface area contributed by atoms with Gasteiger partial charge in [0.2, 0.25) is 0 Å². The van der Waals surface area contributed by atoms with Gasteiger partial charge in [-0.15, -0.1) is 0 Å². The molecule has 0 aliphatic carbocycles. The van der Waals surface area contributed by atoms with Gasteiger partial charge in [-0.3, -0.25) is 9.71 Å². The molecular formula is C14H16FN3O2S. The van der Waals surface area contributed by atoms with Crippen LogP contribution in [0.15, 0.2) is 35.5 Å². The van der Waals surface area contributed by atoms with Crippen molar-refractivity contribution < 1.29 is 12.8 Å². The number of rotatable bonds is 4. The number of pyridine rings is 1. The lowest BCUT2D eigenvalue weighted by molar-refractivity contribution is 0.597. The van der Waals surface area contributed by atoms with Crippen LogP contribution in [0.5, 0.6) is 0 Å². The summed E-state index contributed by atoms with van der Waals surface area (Å²) in [5, 5.41) is 2.96. The molecule has 2 aromatic rings. The summed E-state index contributed by atoms with van der Waals surface area (Å²) >= 11 is 0. The maximum atomic E-state index is 13.6. The molecule has 5 nitrogen and oxygen atoms in total. The van der Waals surface area contributed by atoms with Gasteiger partial charge in [0.1, 0.15) is 0 Å². The second-order valence-electron chi connectivity index (χ2n) is 4.65. The van der Waals surface area contributed by atoms with Crippen molar-refractivity contribution in [1.29, 1.82) is 0 Å². The normalized spacial score (nSPS) is 11.2. The highest BCUT2D eigenvalue weighted by molar-refractivity contribution is 7.92. The highest BCUT2D eigenvalue weighted by Crippen LogP contribution is 2.26. The van der Waals surface area contributed by atoms with Crippen LogP contribution in [-0.4, -0.2) is 20.4 Å². The van der Waals surface area contributed by atoms with E-state index in [1.165, 1.54) is 12.3 Å². The van der Waals surface area contributed by atoms with Gasteiger partial charge in [-0.1, -0.05) is 0 Å². The fourth-order valence-electron chi connectivity index (χ4n) is 2.17. The number of aromatic nitrogens is 1. The number of aryl methyl sites for hydroxylation is 2. The number of hydrogen-bond acceptors (Lipinski definition) is 4. The van der Waals surface area contributed by atoms with Crippen molar-refractivity contribution in [3.63, 3.8) is 0 Å². The molecule has 2 N–H and O–H groups in total. The zero-order valence-corrected chi connectivity index (χ0v) is 12.8. The minimum absolute atomic E-state index is 0.124. The van der Waals surface area contributed by atoms with Crippen LogP contribution in [0.1, 0.15) is 11.1 Å². The summed E-state index contributed by atoms with van der Waals surface area (Å²) in [4.78, 5) is 3.74. The monoisotopic (exact) mass is 309 g/mol. The van der Waals surface area contributed by atoms with E-state index < -0.39 is 15.8 Å². The molecule has 0 saturated carbocycles. The summed E-state index contributed by atoms with van der Waals surface area (Å²) in [6.07, 6.45) is 2.28. The predicted molar refractivity (Wildman–Crippen MR) is 80.5 cm³/mol. The number of benzene rings is 1. The predicted octanol–water partition coefficient (Wildman–Crippen LogP) is 2.68. The van der Waals surface area contributed by atoms with Crippen LogP contribution in [0.3, 0.4) is 0 Å². The van der Waals surface area contributed by atoms with E-state index in [-0.39, 0.29) is 10.6 Å². The van der Waals surface area contributed by atoms with Gasteiger partial charge < -0.3 is 5.32 Å². The van der Waals surface area contributed by atoms with Crippen molar-refractivity contribution in [2.24, 2.45) is 0 Å². The number of nitrogens with zero attached hydrogens (tertiary/aromatic N) is 1. The van der Waals surface area contributed by atoms with E-state index in [2.05, 4.69) is 15.0 Å². The van der Waals surface area contributed by atoms with Crippen LogP contribution in [0.4, 0.5) is 15.8 Å². The Kier molecular flexibility index (Phi) is 4.13. The second-order valence-corrected chi connectivity index (χ2v) is 6.27. The highest BCUT2D eigenvalue weighted by Gasteiger charge is 2.21. The molecule has 0 atom stereocenters. The third-order valence-electron chi connectivity index (χ3n) is 3.03. The molecule has 112 valence electrons. The summed E-state index contributed by atoms with van der Waals surface area (Å²) in [6, 6.07) is 4.73. The Balaban J connectivity index is 2.48. The van der Waals surface area contributed by atoms with E-state index in [1.54, 1.807) is 33.0 Å². The van der Waals surface area contributed by atoms with E-state index in [4.69, 9.17) is 0 Å². The molecule has 0 spiro atoms. The Hall–Kier alpha value is -2.15. The summed E-state index contributed by atoms with van der Waals surface area (Å²) in [5.74, 6) is -0.719. The number of hydrogen-bond donors (Lipinski definition) is 2. The van der Waals surface area contributed by atoms with Crippen molar-refractivity contribution in [3.05, 3.63) is 47.5 Å². The standard InChI is InChI=1S/C14H16FN3O2S/c1-9-6-11(16-3)7-10(2)14(9)21(19,20)18-13-4-5-17-8-12(13)15/h4-8,16H,1-3H3,(H,17,18). The quantitative estimate of drug-likeness (QED) is 0.911. The number of nitrogens with one attached hydrogen (secondary N) is 2. The van der Waals surface area contributed by atoms with Crippen molar-refractivity contribution >= 4 is 21.4 Å². The van der Waals surface area contributed by atoms with Crippen LogP contribution in [0.2, 0.25) is 0 Å². The van der Waals surface area contributed by atoms with E-state index in [0.717, 1.165) is 11.9 Å². The minimum atomic E-state index is -3.87. The molecule has 7 heteroatoms. The minimum Gasteiger partial charge on any atom is -0.388 e. The Morgan fingerprint density at radius 3 is 2.33 bits per heavy atom. The average Bonchev–Trinajstić information content (AvgIpc) is 2.40. The molecule has 0 aliphatic heterocycles. The first-order valence-corrected chi connectivity index (χ1v) is 7.75. The van der Waals surface area contributed by atoms with Gasteiger partial charge in [-0.05, 0) is 43.2 Å². The second kappa shape index (κ2) is 5.69. The summed E-state index contributed by atoms with van der Waals surface area (Å²) < 4.78 is 40.8. The molecule has 1 heterocycles. The lowest BCUT2D eigenvalue weighted by atomic mass is 10.1. The molecule has 0 amide bonds. The first-order chi connectivity index (χ1) is 9.85. The number of halogens is 1. The fourth-order valence-corrected chi connectivity index (χ4v) is 3.69. The molecular weight excluding hydrogens is 293 g/mol. The molecule has 0 radical (unpaired) electrons. The molecule has 1 aromatic heterocycles. The largest absolute Gasteiger partial charge is 0.388 e. The molecule has 0 aliphatic rings. The number of anilines is 2. The Morgan fingerprint density at radius 2 is 1.81 bits per heavy atom. The zero-order chi connectivity index (χ0) is 15.6. The van der Waals surface area contributed by atoms with Gasteiger partial charge in [-0.25, -0.2) is 12.8 Å². The molecule has 0 fully saturated rings. The molecule has 0 unspecified atom stereocenters. The summed E-state index contributed by atoms with van der Waals surface area (Å²) in [6.45, 7) is 3.40. The van der Waals surface area contributed by atoms with Gasteiger partial charge >= 0.3 is 0 Å². The Morgan fingerprint density at radius 1 is 1.19 bits per heavy atom. The van der Waals surface area contributed by atoms with Gasteiger partial charge in [0.05, 0.1) is 16.8 Å². The van der Waals surface area contributed by atoms with E-state index in [9.17, 15) is 12.8 Å². The van der Waals surface area contributed by atoms with Crippen molar-refractivity contribution in [3.8, 4) is 0 Å². The topological polar surface area (TPSA) is 71.1 Å². The maximum absolute atomic E-state index is 13.6. The first kappa shape index (κ1) is 15.2. The number of sulfonamides is 1.